The van der Waals surface area contributed by atoms with Crippen LogP contribution in [0.15, 0.2) is 30.5 Å². The van der Waals surface area contributed by atoms with E-state index in [1.54, 1.807) is 6.20 Å². The van der Waals surface area contributed by atoms with E-state index in [4.69, 9.17) is 16.3 Å². The molecule has 3 heterocycles. The van der Waals surface area contributed by atoms with Crippen LogP contribution in [0.2, 0.25) is 5.02 Å². The molecule has 1 fully saturated rings. The number of piperidine rings is 1. The molecular formula is C16H17ClN4O2. The van der Waals surface area contributed by atoms with E-state index in [2.05, 4.69) is 10.3 Å². The molecule has 2 aliphatic rings. The van der Waals surface area contributed by atoms with Crippen LogP contribution in [0.4, 0.5) is 0 Å². The van der Waals surface area contributed by atoms with Crippen LogP contribution < -0.4 is 0 Å². The lowest BCUT2D eigenvalue weighted by molar-refractivity contribution is -0.137. The Hall–Kier alpha value is -1.92. The van der Waals surface area contributed by atoms with Crippen molar-refractivity contribution >= 4 is 17.5 Å². The lowest BCUT2D eigenvalue weighted by Crippen LogP contribution is -2.50. The largest absolute Gasteiger partial charge is 0.370 e. The number of halogens is 1. The standard InChI is InChI=1S/C16H17ClN4O2/c17-12-3-1-11(2-4-12)7-16(22)20-6-5-15-14(9-20)21-13(10-23-15)8-18-19-21/h1-4,8,14-15H,5-7,9-10H2. The maximum Gasteiger partial charge on any atom is 0.227 e. The van der Waals surface area contributed by atoms with E-state index in [0.717, 1.165) is 24.2 Å². The monoisotopic (exact) mass is 332 g/mol. The summed E-state index contributed by atoms with van der Waals surface area (Å²) in [5, 5.41) is 8.80. The van der Waals surface area contributed by atoms with Gasteiger partial charge in [0.25, 0.3) is 0 Å². The molecule has 1 amide bonds. The topological polar surface area (TPSA) is 60.3 Å². The summed E-state index contributed by atoms with van der Waals surface area (Å²) >= 11 is 5.89. The van der Waals surface area contributed by atoms with E-state index >= 15 is 0 Å². The van der Waals surface area contributed by atoms with Crippen LogP contribution in [0.5, 0.6) is 0 Å². The Balaban J connectivity index is 1.47. The van der Waals surface area contributed by atoms with Crippen molar-refractivity contribution in [2.24, 2.45) is 0 Å². The number of likely N-dealkylation sites (tertiary alicyclic amines) is 1. The minimum atomic E-state index is 0.0594. The van der Waals surface area contributed by atoms with Crippen LogP contribution in [0.1, 0.15) is 23.7 Å². The van der Waals surface area contributed by atoms with Gasteiger partial charge in [0, 0.05) is 18.1 Å². The van der Waals surface area contributed by atoms with Crippen molar-refractivity contribution in [2.45, 2.75) is 31.6 Å². The van der Waals surface area contributed by atoms with Crippen molar-refractivity contribution in [3.63, 3.8) is 0 Å². The van der Waals surface area contributed by atoms with E-state index in [9.17, 15) is 4.79 Å². The quantitative estimate of drug-likeness (QED) is 0.842. The van der Waals surface area contributed by atoms with Crippen molar-refractivity contribution in [1.29, 1.82) is 0 Å². The van der Waals surface area contributed by atoms with E-state index in [1.807, 2.05) is 33.8 Å². The molecule has 2 aliphatic heterocycles. The number of fused-ring (bicyclic) bond motifs is 3. The van der Waals surface area contributed by atoms with Crippen LogP contribution >= 0.6 is 11.6 Å². The molecule has 2 unspecified atom stereocenters. The Morgan fingerprint density at radius 1 is 1.35 bits per heavy atom. The van der Waals surface area contributed by atoms with Crippen molar-refractivity contribution in [2.75, 3.05) is 13.1 Å². The normalized spacial score (nSPS) is 23.3. The van der Waals surface area contributed by atoms with Gasteiger partial charge in [0.05, 0.1) is 37.1 Å². The van der Waals surface area contributed by atoms with Crippen LogP contribution in [0.25, 0.3) is 0 Å². The molecule has 0 spiro atoms. The molecule has 120 valence electrons. The molecule has 0 bridgehead atoms. The molecule has 7 heteroatoms. The zero-order valence-electron chi connectivity index (χ0n) is 12.6. The van der Waals surface area contributed by atoms with Crippen molar-refractivity contribution in [1.82, 2.24) is 19.9 Å². The highest BCUT2D eigenvalue weighted by Gasteiger charge is 2.37. The number of amides is 1. The fourth-order valence-corrected chi connectivity index (χ4v) is 3.42. The van der Waals surface area contributed by atoms with Gasteiger partial charge in [0.2, 0.25) is 5.91 Å². The number of benzene rings is 1. The molecule has 23 heavy (non-hydrogen) atoms. The number of carbonyl (C=O) groups is 1. The number of aromatic nitrogens is 3. The number of carbonyl (C=O) groups excluding carboxylic acids is 1. The maximum atomic E-state index is 12.6. The molecule has 0 radical (unpaired) electrons. The average molecular weight is 333 g/mol. The first-order chi connectivity index (χ1) is 11.2. The van der Waals surface area contributed by atoms with Crippen LogP contribution in [-0.2, 0) is 22.6 Å². The Morgan fingerprint density at radius 3 is 3.00 bits per heavy atom. The highest BCUT2D eigenvalue weighted by atomic mass is 35.5. The summed E-state index contributed by atoms with van der Waals surface area (Å²) in [6, 6.07) is 7.47. The minimum Gasteiger partial charge on any atom is -0.370 e. The second-order valence-corrected chi connectivity index (χ2v) is 6.45. The van der Waals surface area contributed by atoms with E-state index < -0.39 is 0 Å². The lowest BCUT2D eigenvalue weighted by atomic mass is 9.99. The molecule has 0 aliphatic carbocycles. The smallest absolute Gasteiger partial charge is 0.227 e. The van der Waals surface area contributed by atoms with Gasteiger partial charge in [0.15, 0.2) is 0 Å². The lowest BCUT2D eigenvalue weighted by Gasteiger charge is -2.41. The molecular weight excluding hydrogens is 316 g/mol. The first-order valence-electron chi connectivity index (χ1n) is 7.73. The molecule has 1 saturated heterocycles. The summed E-state index contributed by atoms with van der Waals surface area (Å²) in [7, 11) is 0. The molecule has 0 saturated carbocycles. The van der Waals surface area contributed by atoms with Crippen molar-refractivity contribution in [3.8, 4) is 0 Å². The zero-order chi connectivity index (χ0) is 15.8. The highest BCUT2D eigenvalue weighted by Crippen LogP contribution is 2.30. The van der Waals surface area contributed by atoms with Gasteiger partial charge in [-0.3, -0.25) is 4.79 Å². The van der Waals surface area contributed by atoms with Gasteiger partial charge in [-0.05, 0) is 24.1 Å². The summed E-state index contributed by atoms with van der Waals surface area (Å²) in [5.74, 6) is 0.123. The Morgan fingerprint density at radius 2 is 2.17 bits per heavy atom. The van der Waals surface area contributed by atoms with Crippen molar-refractivity contribution < 1.29 is 9.53 Å². The Labute approximate surface area is 139 Å². The number of nitrogens with zero attached hydrogens (tertiary/aromatic N) is 4. The van der Waals surface area contributed by atoms with Gasteiger partial charge in [0.1, 0.15) is 0 Å². The average Bonchev–Trinajstić information content (AvgIpc) is 3.05. The third-order valence-electron chi connectivity index (χ3n) is 4.55. The Bertz CT molecular complexity index is 715. The fraction of sp³-hybridized carbons (Fsp3) is 0.438. The van der Waals surface area contributed by atoms with Gasteiger partial charge < -0.3 is 9.64 Å². The van der Waals surface area contributed by atoms with Gasteiger partial charge in [-0.1, -0.05) is 28.9 Å². The van der Waals surface area contributed by atoms with Crippen molar-refractivity contribution in [3.05, 3.63) is 46.7 Å². The van der Waals surface area contributed by atoms with E-state index in [-0.39, 0.29) is 18.1 Å². The molecule has 0 N–H and O–H groups in total. The molecule has 6 nitrogen and oxygen atoms in total. The molecule has 2 atom stereocenters. The number of hydrogen-bond donors (Lipinski definition) is 0. The summed E-state index contributed by atoms with van der Waals surface area (Å²) in [6.45, 7) is 1.89. The van der Waals surface area contributed by atoms with E-state index in [1.165, 1.54) is 0 Å². The summed E-state index contributed by atoms with van der Waals surface area (Å²) in [6.07, 6.45) is 3.06. The van der Waals surface area contributed by atoms with Crippen LogP contribution in [0.3, 0.4) is 0 Å². The number of hydrogen-bond acceptors (Lipinski definition) is 4. The summed E-state index contributed by atoms with van der Waals surface area (Å²) in [4.78, 5) is 14.5. The summed E-state index contributed by atoms with van der Waals surface area (Å²) < 4.78 is 7.79. The first-order valence-corrected chi connectivity index (χ1v) is 8.11. The SMILES string of the molecule is O=C(Cc1ccc(Cl)cc1)N1CCC2OCc3cnnn3C2C1. The highest BCUT2D eigenvalue weighted by molar-refractivity contribution is 6.30. The van der Waals surface area contributed by atoms with Crippen LogP contribution in [0, 0.1) is 0 Å². The maximum absolute atomic E-state index is 12.6. The third-order valence-corrected chi connectivity index (χ3v) is 4.80. The molecule has 2 aromatic rings. The predicted octanol–water partition coefficient (Wildman–Crippen LogP) is 1.85. The molecule has 4 rings (SSSR count). The Kier molecular flexibility index (Phi) is 3.79. The van der Waals surface area contributed by atoms with E-state index in [0.29, 0.717) is 24.6 Å². The fourth-order valence-electron chi connectivity index (χ4n) is 3.29. The first kappa shape index (κ1) is 14.7. The number of ether oxygens (including phenoxy) is 1. The summed E-state index contributed by atoms with van der Waals surface area (Å²) in [5.41, 5.74) is 1.95. The third kappa shape index (κ3) is 2.84. The van der Waals surface area contributed by atoms with Gasteiger partial charge in [-0.15, -0.1) is 5.10 Å². The minimum absolute atomic E-state index is 0.0594. The van der Waals surface area contributed by atoms with Gasteiger partial charge in [-0.25, -0.2) is 4.68 Å². The van der Waals surface area contributed by atoms with Gasteiger partial charge in [-0.2, -0.15) is 0 Å². The predicted molar refractivity (Wildman–Crippen MR) is 84.0 cm³/mol. The second-order valence-electron chi connectivity index (χ2n) is 6.02. The molecule has 1 aromatic heterocycles. The molecule has 1 aromatic carbocycles. The zero-order valence-corrected chi connectivity index (χ0v) is 13.3. The van der Waals surface area contributed by atoms with Crippen LogP contribution in [-0.4, -0.2) is 45.0 Å². The second kappa shape index (κ2) is 5.94. The number of rotatable bonds is 2. The van der Waals surface area contributed by atoms with Gasteiger partial charge >= 0.3 is 0 Å².